The van der Waals surface area contributed by atoms with Crippen LogP contribution in [0.5, 0.6) is 0 Å². The number of benzene rings is 1. The second-order valence-corrected chi connectivity index (χ2v) is 10.5. The van der Waals surface area contributed by atoms with E-state index in [-0.39, 0.29) is 11.3 Å². The first kappa shape index (κ1) is 21.0. The first-order valence-electron chi connectivity index (χ1n) is 12.5. The first-order chi connectivity index (χ1) is 15.1. The van der Waals surface area contributed by atoms with E-state index >= 15 is 0 Å². The van der Waals surface area contributed by atoms with Crippen molar-refractivity contribution in [3.63, 3.8) is 0 Å². The molecule has 1 spiro atoms. The standard InChI is InChI=1S/C26H37N3O2/c30-24(13-12-21-8-4-5-9-21)29-19-26(20-29)18-27(16-22-10-2-1-3-11-22)17-23(26)25(31)28-14-6-7-15-28/h1-3,10-11,21,23H,4-9,12-20H2. The summed E-state index contributed by atoms with van der Waals surface area (Å²) in [4.78, 5) is 32.9. The molecule has 0 aromatic heterocycles. The number of hydrogen-bond acceptors (Lipinski definition) is 3. The van der Waals surface area contributed by atoms with Crippen LogP contribution in [0.2, 0.25) is 0 Å². The smallest absolute Gasteiger partial charge is 0.227 e. The van der Waals surface area contributed by atoms with Gasteiger partial charge in [-0.25, -0.2) is 0 Å². The summed E-state index contributed by atoms with van der Waals surface area (Å²) in [6.07, 6.45) is 9.29. The minimum atomic E-state index is -0.0442. The van der Waals surface area contributed by atoms with Gasteiger partial charge in [-0.2, -0.15) is 0 Å². The van der Waals surface area contributed by atoms with Gasteiger partial charge in [-0.1, -0.05) is 56.0 Å². The Morgan fingerprint density at radius 1 is 0.903 bits per heavy atom. The van der Waals surface area contributed by atoms with E-state index in [0.717, 1.165) is 71.0 Å². The van der Waals surface area contributed by atoms with Crippen LogP contribution in [-0.2, 0) is 16.1 Å². The van der Waals surface area contributed by atoms with Crippen LogP contribution in [0.4, 0.5) is 0 Å². The normalized spacial score (nSPS) is 26.0. The third-order valence-electron chi connectivity index (χ3n) is 8.29. The van der Waals surface area contributed by atoms with Crippen molar-refractivity contribution in [3.8, 4) is 0 Å². The molecule has 168 valence electrons. The van der Waals surface area contributed by atoms with Gasteiger partial charge in [0.15, 0.2) is 0 Å². The molecule has 5 rings (SSSR count). The Kier molecular flexibility index (Phi) is 6.05. The molecule has 1 aromatic carbocycles. The van der Waals surface area contributed by atoms with Gasteiger partial charge < -0.3 is 9.80 Å². The van der Waals surface area contributed by atoms with E-state index < -0.39 is 0 Å². The predicted octanol–water partition coefficient (Wildman–Crippen LogP) is 3.54. The highest BCUT2D eigenvalue weighted by Crippen LogP contribution is 2.46. The van der Waals surface area contributed by atoms with Crippen molar-refractivity contribution in [2.45, 2.75) is 57.9 Å². The fourth-order valence-electron chi connectivity index (χ4n) is 6.53. The largest absolute Gasteiger partial charge is 0.342 e. The lowest BCUT2D eigenvalue weighted by atomic mass is 9.70. The van der Waals surface area contributed by atoms with E-state index in [1.807, 2.05) is 4.90 Å². The summed E-state index contributed by atoms with van der Waals surface area (Å²) in [5, 5.41) is 0. The zero-order chi connectivity index (χ0) is 21.3. The van der Waals surface area contributed by atoms with Crippen LogP contribution in [0.25, 0.3) is 0 Å². The molecule has 1 aliphatic carbocycles. The van der Waals surface area contributed by atoms with Crippen LogP contribution in [-0.4, -0.2) is 65.8 Å². The fraction of sp³-hybridized carbons (Fsp3) is 0.692. The maximum atomic E-state index is 13.4. The summed E-state index contributed by atoms with van der Waals surface area (Å²) in [5.74, 6) is 1.45. The Labute approximate surface area is 186 Å². The van der Waals surface area contributed by atoms with Crippen LogP contribution >= 0.6 is 0 Å². The van der Waals surface area contributed by atoms with Gasteiger partial charge in [0.05, 0.1) is 5.92 Å². The molecule has 0 radical (unpaired) electrons. The molecule has 31 heavy (non-hydrogen) atoms. The van der Waals surface area contributed by atoms with Crippen molar-refractivity contribution in [2.75, 3.05) is 39.3 Å². The maximum absolute atomic E-state index is 13.4. The average molecular weight is 424 g/mol. The number of carbonyl (C=O) groups is 2. The molecule has 2 amide bonds. The quantitative estimate of drug-likeness (QED) is 0.703. The Bertz CT molecular complexity index is 777. The molecule has 0 N–H and O–H groups in total. The van der Waals surface area contributed by atoms with Crippen molar-refractivity contribution >= 4 is 11.8 Å². The number of hydrogen-bond donors (Lipinski definition) is 0. The lowest BCUT2D eigenvalue weighted by molar-refractivity contribution is -0.153. The molecule has 3 aliphatic heterocycles. The number of rotatable bonds is 6. The molecule has 0 bridgehead atoms. The fourth-order valence-corrected chi connectivity index (χ4v) is 6.53. The predicted molar refractivity (Wildman–Crippen MR) is 121 cm³/mol. The molecule has 5 heteroatoms. The van der Waals surface area contributed by atoms with E-state index in [4.69, 9.17) is 0 Å². The van der Waals surface area contributed by atoms with Gasteiger partial charge >= 0.3 is 0 Å². The monoisotopic (exact) mass is 423 g/mol. The Morgan fingerprint density at radius 2 is 1.61 bits per heavy atom. The zero-order valence-electron chi connectivity index (χ0n) is 18.8. The second-order valence-electron chi connectivity index (χ2n) is 10.5. The van der Waals surface area contributed by atoms with Gasteiger partial charge in [0.1, 0.15) is 0 Å². The van der Waals surface area contributed by atoms with Crippen molar-refractivity contribution < 1.29 is 9.59 Å². The summed E-state index contributed by atoms with van der Waals surface area (Å²) in [6, 6.07) is 10.6. The van der Waals surface area contributed by atoms with Crippen LogP contribution in [0, 0.1) is 17.3 Å². The molecule has 1 unspecified atom stereocenters. The highest BCUT2D eigenvalue weighted by molar-refractivity contribution is 5.82. The molecule has 5 nitrogen and oxygen atoms in total. The highest BCUT2D eigenvalue weighted by atomic mass is 16.2. The molecule has 3 saturated heterocycles. The van der Waals surface area contributed by atoms with Crippen LogP contribution in [0.15, 0.2) is 30.3 Å². The topological polar surface area (TPSA) is 43.9 Å². The maximum Gasteiger partial charge on any atom is 0.227 e. The SMILES string of the molecule is O=C(CCC1CCCC1)N1CC2(CN(Cc3ccccc3)CC2C(=O)N2CCCC2)C1. The van der Waals surface area contributed by atoms with Gasteiger partial charge in [-0.05, 0) is 30.7 Å². The zero-order valence-corrected chi connectivity index (χ0v) is 18.8. The molecular weight excluding hydrogens is 386 g/mol. The van der Waals surface area contributed by atoms with E-state index in [1.165, 1.54) is 31.2 Å². The molecule has 4 fully saturated rings. The first-order valence-corrected chi connectivity index (χ1v) is 12.5. The number of carbonyl (C=O) groups excluding carboxylic acids is 2. The van der Waals surface area contributed by atoms with Crippen molar-refractivity contribution in [1.82, 2.24) is 14.7 Å². The molecular formula is C26H37N3O2. The summed E-state index contributed by atoms with van der Waals surface area (Å²) in [7, 11) is 0. The molecule has 1 atom stereocenters. The number of nitrogens with zero attached hydrogens (tertiary/aromatic N) is 3. The van der Waals surface area contributed by atoms with Gasteiger partial charge in [0, 0.05) is 57.6 Å². The molecule has 1 saturated carbocycles. The molecule has 4 aliphatic rings. The summed E-state index contributed by atoms with van der Waals surface area (Å²) in [6.45, 7) is 6.01. The van der Waals surface area contributed by atoms with E-state index in [1.54, 1.807) is 0 Å². The Balaban J connectivity index is 1.23. The lowest BCUT2D eigenvalue weighted by Crippen LogP contribution is -2.64. The Hall–Kier alpha value is -1.88. The number of amides is 2. The van der Waals surface area contributed by atoms with E-state index in [9.17, 15) is 9.59 Å². The highest BCUT2D eigenvalue weighted by Gasteiger charge is 2.58. The molecule has 1 aromatic rings. The van der Waals surface area contributed by atoms with E-state index in [2.05, 4.69) is 40.1 Å². The lowest BCUT2D eigenvalue weighted by Gasteiger charge is -2.51. The number of likely N-dealkylation sites (tertiary alicyclic amines) is 3. The minimum Gasteiger partial charge on any atom is -0.342 e. The third-order valence-corrected chi connectivity index (χ3v) is 8.29. The third kappa shape index (κ3) is 4.39. The van der Waals surface area contributed by atoms with Gasteiger partial charge in [0.2, 0.25) is 11.8 Å². The molecule has 3 heterocycles. The average Bonchev–Trinajstić information content (AvgIpc) is 3.52. The van der Waals surface area contributed by atoms with Gasteiger partial charge in [0.25, 0.3) is 0 Å². The van der Waals surface area contributed by atoms with Crippen molar-refractivity contribution in [2.24, 2.45) is 17.3 Å². The summed E-state index contributed by atoms with van der Waals surface area (Å²) >= 11 is 0. The summed E-state index contributed by atoms with van der Waals surface area (Å²) in [5.41, 5.74) is 1.26. The summed E-state index contributed by atoms with van der Waals surface area (Å²) < 4.78 is 0. The van der Waals surface area contributed by atoms with Crippen LogP contribution < -0.4 is 0 Å². The van der Waals surface area contributed by atoms with Crippen LogP contribution in [0.3, 0.4) is 0 Å². The van der Waals surface area contributed by atoms with Gasteiger partial charge in [-0.3, -0.25) is 14.5 Å². The van der Waals surface area contributed by atoms with Crippen molar-refractivity contribution in [3.05, 3.63) is 35.9 Å². The Morgan fingerprint density at radius 3 is 2.32 bits per heavy atom. The van der Waals surface area contributed by atoms with Gasteiger partial charge in [-0.15, -0.1) is 0 Å². The van der Waals surface area contributed by atoms with E-state index in [0.29, 0.717) is 18.2 Å². The van der Waals surface area contributed by atoms with Crippen molar-refractivity contribution in [1.29, 1.82) is 0 Å². The minimum absolute atomic E-state index is 0.0354. The van der Waals surface area contributed by atoms with Crippen LogP contribution in [0.1, 0.15) is 56.9 Å². The second kappa shape index (κ2) is 8.93.